The van der Waals surface area contributed by atoms with Gasteiger partial charge in [-0.1, -0.05) is 42.2 Å². The molecule has 0 unspecified atom stereocenters. The molecule has 0 bridgehead atoms. The molecule has 0 aromatic heterocycles. The number of nitrogens with zero attached hydrogens (tertiary/aromatic N) is 1. The Labute approximate surface area is 123 Å². The Morgan fingerprint density at radius 1 is 1.32 bits per heavy atom. The first kappa shape index (κ1) is 14.3. The molecule has 1 amide bonds. The highest BCUT2D eigenvalue weighted by atomic mass is 32.2. The van der Waals surface area contributed by atoms with Crippen LogP contribution < -0.4 is 5.32 Å². The summed E-state index contributed by atoms with van der Waals surface area (Å²) in [4.78, 5) is 14.2. The molecule has 1 aliphatic rings. The number of thioether (sulfide) groups is 1. The van der Waals surface area contributed by atoms with Gasteiger partial charge in [0.25, 0.3) is 0 Å². The predicted molar refractivity (Wildman–Crippen MR) is 85.5 cm³/mol. The molecule has 1 atom stereocenters. The second kappa shape index (κ2) is 6.91. The fourth-order valence-electron chi connectivity index (χ4n) is 1.94. The maximum atomic E-state index is 12.1. The van der Waals surface area contributed by atoms with E-state index in [0.29, 0.717) is 0 Å². The van der Waals surface area contributed by atoms with Crippen LogP contribution in [-0.4, -0.2) is 33.5 Å². The number of hydrogen-bond acceptors (Lipinski definition) is 3. The molecule has 5 heteroatoms. The number of carbonyl (C=O) groups excluding carboxylic acids is 1. The van der Waals surface area contributed by atoms with Crippen molar-refractivity contribution < 1.29 is 4.79 Å². The Morgan fingerprint density at radius 3 is 2.58 bits per heavy atom. The highest BCUT2D eigenvalue weighted by Gasteiger charge is 2.21. The first-order chi connectivity index (χ1) is 9.16. The van der Waals surface area contributed by atoms with Crippen molar-refractivity contribution >= 4 is 39.9 Å². The topological polar surface area (TPSA) is 32.3 Å². The Bertz CT molecular complexity index is 444. The third-order valence-corrected chi connectivity index (χ3v) is 4.63. The van der Waals surface area contributed by atoms with Gasteiger partial charge >= 0.3 is 0 Å². The van der Waals surface area contributed by atoms with Crippen molar-refractivity contribution in [2.45, 2.75) is 25.0 Å². The van der Waals surface area contributed by atoms with Gasteiger partial charge in [-0.25, -0.2) is 0 Å². The molecule has 1 N–H and O–H groups in total. The van der Waals surface area contributed by atoms with E-state index in [1.807, 2.05) is 37.3 Å². The Balaban J connectivity index is 1.83. The van der Waals surface area contributed by atoms with Crippen LogP contribution in [0.3, 0.4) is 0 Å². The normalized spacial score (nSPS) is 16.2. The second-order valence-electron chi connectivity index (χ2n) is 4.58. The lowest BCUT2D eigenvalue weighted by atomic mass is 10.3. The number of likely N-dealkylation sites (tertiary alicyclic amines) is 1. The zero-order valence-electron chi connectivity index (χ0n) is 11.0. The molecule has 1 fully saturated rings. The van der Waals surface area contributed by atoms with E-state index in [1.165, 1.54) is 24.6 Å². The van der Waals surface area contributed by atoms with Gasteiger partial charge in [0.05, 0.1) is 5.25 Å². The molecule has 3 nitrogen and oxygen atoms in total. The minimum atomic E-state index is -0.173. The maximum Gasteiger partial charge on any atom is 0.237 e. The number of thiocarbonyl (C=S) groups is 1. The minimum absolute atomic E-state index is 0.00209. The number of benzene rings is 1. The van der Waals surface area contributed by atoms with E-state index in [2.05, 4.69) is 10.2 Å². The zero-order chi connectivity index (χ0) is 13.7. The first-order valence-electron chi connectivity index (χ1n) is 6.48. The molecule has 1 aromatic carbocycles. The van der Waals surface area contributed by atoms with Gasteiger partial charge in [-0.05, 0) is 31.9 Å². The summed E-state index contributed by atoms with van der Waals surface area (Å²) < 4.78 is 0.841. The number of amides is 1. The van der Waals surface area contributed by atoms with Gasteiger partial charge in [0.1, 0.15) is 4.32 Å². The molecule has 1 aromatic rings. The Kier molecular flexibility index (Phi) is 5.22. The molecular weight excluding hydrogens is 276 g/mol. The summed E-state index contributed by atoms with van der Waals surface area (Å²) in [5, 5.41) is 2.73. The lowest BCUT2D eigenvalue weighted by Crippen LogP contribution is -2.29. The van der Waals surface area contributed by atoms with Crippen molar-refractivity contribution in [3.8, 4) is 0 Å². The summed E-state index contributed by atoms with van der Waals surface area (Å²) in [6, 6.07) is 9.50. The van der Waals surface area contributed by atoms with Crippen molar-refractivity contribution in [3.63, 3.8) is 0 Å². The van der Waals surface area contributed by atoms with E-state index in [9.17, 15) is 4.79 Å². The zero-order valence-corrected chi connectivity index (χ0v) is 12.6. The molecule has 0 aliphatic carbocycles. The van der Waals surface area contributed by atoms with Crippen LogP contribution >= 0.6 is 24.0 Å². The van der Waals surface area contributed by atoms with Gasteiger partial charge < -0.3 is 10.2 Å². The average Bonchev–Trinajstić information content (AvgIpc) is 2.93. The first-order valence-corrected chi connectivity index (χ1v) is 7.77. The highest BCUT2D eigenvalue weighted by molar-refractivity contribution is 8.23. The van der Waals surface area contributed by atoms with Crippen molar-refractivity contribution in [2.75, 3.05) is 18.4 Å². The van der Waals surface area contributed by atoms with Crippen LogP contribution in [0.25, 0.3) is 0 Å². The minimum Gasteiger partial charge on any atom is -0.358 e. The van der Waals surface area contributed by atoms with Crippen molar-refractivity contribution in [3.05, 3.63) is 30.3 Å². The molecule has 0 radical (unpaired) electrons. The Morgan fingerprint density at radius 2 is 1.95 bits per heavy atom. The van der Waals surface area contributed by atoms with Crippen molar-refractivity contribution in [1.82, 2.24) is 4.90 Å². The van der Waals surface area contributed by atoms with Gasteiger partial charge in [-0.2, -0.15) is 0 Å². The van der Waals surface area contributed by atoms with E-state index >= 15 is 0 Å². The summed E-state index contributed by atoms with van der Waals surface area (Å²) in [6.45, 7) is 3.95. The number of anilines is 1. The molecule has 1 aliphatic heterocycles. The summed E-state index contributed by atoms with van der Waals surface area (Å²) in [6.07, 6.45) is 2.40. The fraction of sp³-hybridized carbons (Fsp3) is 0.429. The lowest BCUT2D eigenvalue weighted by molar-refractivity contribution is -0.115. The third kappa shape index (κ3) is 4.21. The molecule has 2 rings (SSSR count). The molecule has 0 saturated carbocycles. The van der Waals surface area contributed by atoms with Gasteiger partial charge in [0.2, 0.25) is 5.91 Å². The van der Waals surface area contributed by atoms with Crippen molar-refractivity contribution in [1.29, 1.82) is 0 Å². The van der Waals surface area contributed by atoms with Crippen LogP contribution in [0, 0.1) is 0 Å². The SMILES string of the molecule is C[C@H](SC(=S)N1CCCC1)C(=O)Nc1ccccc1. The van der Waals surface area contributed by atoms with Crippen LogP contribution in [0.1, 0.15) is 19.8 Å². The van der Waals surface area contributed by atoms with E-state index in [1.54, 1.807) is 0 Å². The molecule has 19 heavy (non-hydrogen) atoms. The largest absolute Gasteiger partial charge is 0.358 e. The quantitative estimate of drug-likeness (QED) is 0.868. The van der Waals surface area contributed by atoms with Crippen LogP contribution in [0.15, 0.2) is 30.3 Å². The standard InChI is InChI=1S/C14H18N2OS2/c1-11(19-14(18)16-9-5-6-10-16)13(17)15-12-7-3-2-4-8-12/h2-4,7-8,11H,5-6,9-10H2,1H3,(H,15,17)/t11-/m0/s1. The van der Waals surface area contributed by atoms with Gasteiger partial charge in [-0.3, -0.25) is 4.79 Å². The van der Waals surface area contributed by atoms with Crippen LogP contribution in [-0.2, 0) is 4.79 Å². The number of para-hydroxylation sites is 1. The predicted octanol–water partition coefficient (Wildman–Crippen LogP) is 3.13. The van der Waals surface area contributed by atoms with Gasteiger partial charge in [0.15, 0.2) is 0 Å². The van der Waals surface area contributed by atoms with E-state index in [4.69, 9.17) is 12.2 Å². The summed E-state index contributed by atoms with van der Waals surface area (Å²) >= 11 is 6.85. The van der Waals surface area contributed by atoms with E-state index in [0.717, 1.165) is 23.1 Å². The van der Waals surface area contributed by atoms with Crippen LogP contribution in [0.2, 0.25) is 0 Å². The highest BCUT2D eigenvalue weighted by Crippen LogP contribution is 2.21. The Hall–Kier alpha value is -1.07. The molecule has 102 valence electrons. The van der Waals surface area contributed by atoms with Crippen LogP contribution in [0.4, 0.5) is 5.69 Å². The summed E-state index contributed by atoms with van der Waals surface area (Å²) in [5.74, 6) is -0.00209. The molecule has 0 spiro atoms. The molecular formula is C14H18N2OS2. The fourth-order valence-corrected chi connectivity index (χ4v) is 3.36. The molecule has 1 saturated heterocycles. The number of rotatable bonds is 3. The summed E-state index contributed by atoms with van der Waals surface area (Å²) in [5.41, 5.74) is 0.826. The summed E-state index contributed by atoms with van der Waals surface area (Å²) in [7, 11) is 0. The number of hydrogen-bond donors (Lipinski definition) is 1. The monoisotopic (exact) mass is 294 g/mol. The van der Waals surface area contributed by atoms with Gasteiger partial charge in [0, 0.05) is 18.8 Å². The van der Waals surface area contributed by atoms with E-state index in [-0.39, 0.29) is 11.2 Å². The van der Waals surface area contributed by atoms with E-state index < -0.39 is 0 Å². The van der Waals surface area contributed by atoms with Crippen molar-refractivity contribution in [2.24, 2.45) is 0 Å². The number of nitrogens with one attached hydrogen (secondary N) is 1. The average molecular weight is 294 g/mol. The lowest BCUT2D eigenvalue weighted by Gasteiger charge is -2.20. The maximum absolute atomic E-state index is 12.1. The van der Waals surface area contributed by atoms with Crippen LogP contribution in [0.5, 0.6) is 0 Å². The molecule has 1 heterocycles. The second-order valence-corrected chi connectivity index (χ2v) is 6.55. The number of carbonyl (C=O) groups is 1. The van der Waals surface area contributed by atoms with Gasteiger partial charge in [-0.15, -0.1) is 0 Å². The third-order valence-electron chi connectivity index (χ3n) is 3.05. The smallest absolute Gasteiger partial charge is 0.237 e.